The van der Waals surface area contributed by atoms with E-state index in [1.54, 1.807) is 30.6 Å². The lowest BCUT2D eigenvalue weighted by molar-refractivity contribution is -0.130. The molecular formula is C13H16N2O4S2. The van der Waals surface area contributed by atoms with Gasteiger partial charge < -0.3 is 9.32 Å². The zero-order chi connectivity index (χ0) is 15.5. The van der Waals surface area contributed by atoms with Crippen LogP contribution in [0.3, 0.4) is 0 Å². The van der Waals surface area contributed by atoms with Crippen molar-refractivity contribution in [2.75, 3.05) is 20.6 Å². The molecule has 0 atom stereocenters. The quantitative estimate of drug-likeness (QED) is 0.808. The molecule has 1 amide bonds. The van der Waals surface area contributed by atoms with E-state index in [1.807, 2.05) is 0 Å². The molecule has 0 unspecified atom stereocenters. The Morgan fingerprint density at radius 3 is 2.62 bits per heavy atom. The van der Waals surface area contributed by atoms with Crippen LogP contribution in [-0.4, -0.2) is 44.2 Å². The van der Waals surface area contributed by atoms with Gasteiger partial charge >= 0.3 is 0 Å². The third-order valence-electron chi connectivity index (χ3n) is 2.92. The van der Waals surface area contributed by atoms with Gasteiger partial charge in [0.05, 0.1) is 19.4 Å². The van der Waals surface area contributed by atoms with Gasteiger partial charge in [-0.3, -0.25) is 4.79 Å². The second-order valence-electron chi connectivity index (χ2n) is 4.52. The van der Waals surface area contributed by atoms with Crippen molar-refractivity contribution in [1.82, 2.24) is 9.21 Å². The molecule has 2 rings (SSSR count). The van der Waals surface area contributed by atoms with Gasteiger partial charge in [0, 0.05) is 14.1 Å². The van der Waals surface area contributed by atoms with Gasteiger partial charge in [-0.2, -0.15) is 4.31 Å². The number of furan rings is 1. The third kappa shape index (κ3) is 3.72. The van der Waals surface area contributed by atoms with E-state index >= 15 is 0 Å². The monoisotopic (exact) mass is 328 g/mol. The van der Waals surface area contributed by atoms with Crippen LogP contribution in [0.25, 0.3) is 0 Å². The van der Waals surface area contributed by atoms with Crippen LogP contribution >= 0.6 is 11.3 Å². The van der Waals surface area contributed by atoms with Crippen LogP contribution in [0.5, 0.6) is 0 Å². The fourth-order valence-corrected chi connectivity index (χ4v) is 4.01. The molecular weight excluding hydrogens is 312 g/mol. The van der Waals surface area contributed by atoms with E-state index in [9.17, 15) is 13.2 Å². The number of hydrogen-bond donors (Lipinski definition) is 0. The first-order valence-electron chi connectivity index (χ1n) is 6.17. The topological polar surface area (TPSA) is 70.8 Å². The molecule has 0 fully saturated rings. The van der Waals surface area contributed by atoms with Crippen molar-refractivity contribution in [3.8, 4) is 0 Å². The Morgan fingerprint density at radius 1 is 1.29 bits per heavy atom. The van der Waals surface area contributed by atoms with Crippen LogP contribution in [0.1, 0.15) is 5.76 Å². The molecule has 0 aliphatic rings. The summed E-state index contributed by atoms with van der Waals surface area (Å²) < 4.78 is 30.9. The van der Waals surface area contributed by atoms with Gasteiger partial charge in [0.25, 0.3) is 10.0 Å². The summed E-state index contributed by atoms with van der Waals surface area (Å²) >= 11 is 1.13. The Morgan fingerprint density at radius 2 is 2.05 bits per heavy atom. The van der Waals surface area contributed by atoms with E-state index in [0.29, 0.717) is 12.3 Å². The Labute approximate surface area is 127 Å². The molecule has 2 heterocycles. The molecule has 0 aromatic carbocycles. The fraction of sp³-hybridized carbons (Fsp3) is 0.308. The van der Waals surface area contributed by atoms with E-state index in [-0.39, 0.29) is 16.7 Å². The summed E-state index contributed by atoms with van der Waals surface area (Å²) in [6.45, 7) is 0.0934. The second kappa shape index (κ2) is 6.42. The van der Waals surface area contributed by atoms with Crippen molar-refractivity contribution < 1.29 is 17.6 Å². The number of hydrogen-bond acceptors (Lipinski definition) is 5. The van der Waals surface area contributed by atoms with Gasteiger partial charge in [-0.15, -0.1) is 11.3 Å². The molecule has 21 heavy (non-hydrogen) atoms. The maximum absolute atomic E-state index is 12.2. The fourth-order valence-electron chi connectivity index (χ4n) is 1.68. The Bertz CT molecular complexity index is 678. The lowest BCUT2D eigenvalue weighted by Gasteiger charge is -2.20. The number of carbonyl (C=O) groups is 1. The van der Waals surface area contributed by atoms with Gasteiger partial charge in [0.2, 0.25) is 5.91 Å². The summed E-state index contributed by atoms with van der Waals surface area (Å²) in [5.74, 6) is 0.351. The highest BCUT2D eigenvalue weighted by atomic mass is 32.2. The van der Waals surface area contributed by atoms with E-state index in [1.165, 1.54) is 24.3 Å². The molecule has 2 aromatic heterocycles. The van der Waals surface area contributed by atoms with Crippen molar-refractivity contribution in [2.45, 2.75) is 10.8 Å². The van der Waals surface area contributed by atoms with Crippen LogP contribution in [0.15, 0.2) is 44.5 Å². The maximum atomic E-state index is 12.2. The van der Waals surface area contributed by atoms with E-state index in [2.05, 4.69) is 0 Å². The number of likely N-dealkylation sites (N-methyl/N-ethyl adjacent to an activating group) is 2. The highest BCUT2D eigenvalue weighted by molar-refractivity contribution is 7.91. The normalized spacial score (nSPS) is 11.8. The highest BCUT2D eigenvalue weighted by Crippen LogP contribution is 2.19. The SMILES string of the molecule is CN(Cc1ccco1)C(=O)CN(C)S(=O)(=O)c1cccs1. The van der Waals surface area contributed by atoms with E-state index in [0.717, 1.165) is 15.6 Å². The van der Waals surface area contributed by atoms with Crippen LogP contribution < -0.4 is 0 Å². The zero-order valence-corrected chi connectivity index (χ0v) is 13.4. The molecule has 0 aliphatic carbocycles. The molecule has 114 valence electrons. The third-order valence-corrected chi connectivity index (χ3v) is 6.09. The molecule has 0 spiro atoms. The standard InChI is InChI=1S/C13H16N2O4S2/c1-14(9-11-5-3-7-19-11)12(16)10-15(2)21(17,18)13-6-4-8-20-13/h3-8H,9-10H2,1-2H3. The summed E-state index contributed by atoms with van der Waals surface area (Å²) in [5.41, 5.74) is 0. The van der Waals surface area contributed by atoms with Crippen molar-refractivity contribution in [1.29, 1.82) is 0 Å². The molecule has 2 aromatic rings. The largest absolute Gasteiger partial charge is 0.467 e. The number of carbonyl (C=O) groups excluding carboxylic acids is 1. The molecule has 0 radical (unpaired) electrons. The average molecular weight is 328 g/mol. The van der Waals surface area contributed by atoms with Crippen LogP contribution in [0.4, 0.5) is 0 Å². The molecule has 6 nitrogen and oxygen atoms in total. The van der Waals surface area contributed by atoms with Crippen molar-refractivity contribution in [3.05, 3.63) is 41.7 Å². The summed E-state index contributed by atoms with van der Waals surface area (Å²) in [6, 6.07) is 6.68. The minimum absolute atomic E-state index is 0.211. The summed E-state index contributed by atoms with van der Waals surface area (Å²) in [7, 11) is -0.601. The second-order valence-corrected chi connectivity index (χ2v) is 7.74. The predicted molar refractivity (Wildman–Crippen MR) is 79.3 cm³/mol. The smallest absolute Gasteiger partial charge is 0.252 e. The molecule has 0 saturated carbocycles. The minimum atomic E-state index is -3.61. The predicted octanol–water partition coefficient (Wildman–Crippen LogP) is 1.62. The van der Waals surface area contributed by atoms with Crippen molar-refractivity contribution in [2.24, 2.45) is 0 Å². The first-order chi connectivity index (χ1) is 9.91. The zero-order valence-electron chi connectivity index (χ0n) is 11.7. The van der Waals surface area contributed by atoms with Crippen molar-refractivity contribution >= 4 is 27.3 Å². The Balaban J connectivity index is 1.99. The van der Waals surface area contributed by atoms with E-state index in [4.69, 9.17) is 4.42 Å². The first kappa shape index (κ1) is 15.7. The van der Waals surface area contributed by atoms with Gasteiger partial charge in [-0.05, 0) is 23.6 Å². The number of nitrogens with zero attached hydrogens (tertiary/aromatic N) is 2. The maximum Gasteiger partial charge on any atom is 0.252 e. The summed E-state index contributed by atoms with van der Waals surface area (Å²) in [4.78, 5) is 13.5. The lowest BCUT2D eigenvalue weighted by atomic mass is 10.4. The van der Waals surface area contributed by atoms with Crippen LogP contribution in [-0.2, 0) is 21.4 Å². The molecule has 0 saturated heterocycles. The highest BCUT2D eigenvalue weighted by Gasteiger charge is 2.25. The lowest BCUT2D eigenvalue weighted by Crippen LogP contribution is -2.38. The van der Waals surface area contributed by atoms with Gasteiger partial charge in [0.15, 0.2) is 0 Å². The number of rotatable bonds is 6. The number of sulfonamides is 1. The van der Waals surface area contributed by atoms with Crippen LogP contribution in [0.2, 0.25) is 0 Å². The minimum Gasteiger partial charge on any atom is -0.467 e. The number of amides is 1. The molecule has 8 heteroatoms. The van der Waals surface area contributed by atoms with Crippen LogP contribution in [0, 0.1) is 0 Å². The number of thiophene rings is 1. The Kier molecular flexibility index (Phi) is 4.81. The van der Waals surface area contributed by atoms with Gasteiger partial charge in [-0.1, -0.05) is 6.07 Å². The summed E-state index contributed by atoms with van der Waals surface area (Å²) in [6.07, 6.45) is 1.53. The molecule has 0 N–H and O–H groups in total. The van der Waals surface area contributed by atoms with Crippen molar-refractivity contribution in [3.63, 3.8) is 0 Å². The van der Waals surface area contributed by atoms with Gasteiger partial charge in [0.1, 0.15) is 9.97 Å². The van der Waals surface area contributed by atoms with E-state index < -0.39 is 10.0 Å². The molecule has 0 bridgehead atoms. The summed E-state index contributed by atoms with van der Waals surface area (Å²) in [5, 5.41) is 1.69. The average Bonchev–Trinajstić information content (AvgIpc) is 3.11. The Hall–Kier alpha value is -1.64. The first-order valence-corrected chi connectivity index (χ1v) is 8.49. The molecule has 0 aliphatic heterocycles. The van der Waals surface area contributed by atoms with Gasteiger partial charge in [-0.25, -0.2) is 8.42 Å².